The third-order valence-electron chi connectivity index (χ3n) is 5.42. The van der Waals surface area contributed by atoms with E-state index in [9.17, 15) is 9.59 Å². The van der Waals surface area contributed by atoms with Crippen LogP contribution in [0.2, 0.25) is 0 Å². The van der Waals surface area contributed by atoms with E-state index in [-0.39, 0.29) is 0 Å². The van der Waals surface area contributed by atoms with Crippen LogP contribution in [0.5, 0.6) is 11.5 Å². The van der Waals surface area contributed by atoms with E-state index < -0.39 is 11.9 Å². The highest BCUT2D eigenvalue weighted by molar-refractivity contribution is 5.99. The molecule has 4 aromatic carbocycles. The molecule has 0 heterocycles. The molecule has 0 amide bonds. The molecule has 34 heavy (non-hydrogen) atoms. The van der Waals surface area contributed by atoms with Crippen LogP contribution in [-0.4, -0.2) is 11.9 Å². The van der Waals surface area contributed by atoms with Crippen molar-refractivity contribution in [2.24, 2.45) is 0 Å². The Morgan fingerprint density at radius 2 is 1.03 bits per heavy atom. The van der Waals surface area contributed by atoms with Gasteiger partial charge in [0, 0.05) is 12.2 Å². The molecule has 4 nitrogen and oxygen atoms in total. The van der Waals surface area contributed by atoms with Gasteiger partial charge in [-0.15, -0.1) is 0 Å². The number of aryl methyl sites for hydroxylation is 2. The summed E-state index contributed by atoms with van der Waals surface area (Å²) in [7, 11) is 0. The van der Waals surface area contributed by atoms with E-state index in [1.807, 2.05) is 74.5 Å². The maximum absolute atomic E-state index is 12.5. The lowest BCUT2D eigenvalue weighted by molar-refractivity contribution is -0.129. The monoisotopic (exact) mass is 448 g/mol. The first-order valence-corrected chi connectivity index (χ1v) is 10.9. The molecule has 0 fully saturated rings. The molecule has 0 bridgehead atoms. The van der Waals surface area contributed by atoms with Gasteiger partial charge in [0.1, 0.15) is 11.5 Å². The molecule has 0 atom stereocenters. The number of ether oxygens (including phenoxy) is 2. The Hall–Kier alpha value is -4.44. The van der Waals surface area contributed by atoms with Gasteiger partial charge in [-0.05, 0) is 65.8 Å². The van der Waals surface area contributed by atoms with Gasteiger partial charge in [-0.3, -0.25) is 0 Å². The Kier molecular flexibility index (Phi) is 6.99. The number of rotatable bonds is 6. The second-order valence-corrected chi connectivity index (χ2v) is 7.83. The normalized spacial score (nSPS) is 11.2. The van der Waals surface area contributed by atoms with Crippen LogP contribution in [0.1, 0.15) is 22.3 Å². The van der Waals surface area contributed by atoms with Crippen molar-refractivity contribution in [3.05, 3.63) is 119 Å². The maximum Gasteiger partial charge on any atom is 0.336 e. The second kappa shape index (κ2) is 10.5. The molecule has 0 saturated heterocycles. The number of hydrogen-bond acceptors (Lipinski definition) is 4. The van der Waals surface area contributed by atoms with Crippen LogP contribution in [0.15, 0.2) is 97.1 Å². The molecule has 0 N–H and O–H groups in total. The minimum Gasteiger partial charge on any atom is -0.423 e. The number of fused-ring (bicyclic) bond motifs is 1. The van der Waals surface area contributed by atoms with E-state index in [4.69, 9.17) is 9.47 Å². The Labute approximate surface area is 198 Å². The first-order valence-electron chi connectivity index (χ1n) is 10.9. The third kappa shape index (κ3) is 5.48. The molecule has 4 aromatic rings. The Bertz CT molecular complexity index is 1310. The zero-order valence-electron chi connectivity index (χ0n) is 19.0. The van der Waals surface area contributed by atoms with Gasteiger partial charge in [0.2, 0.25) is 0 Å². The van der Waals surface area contributed by atoms with Gasteiger partial charge in [-0.2, -0.15) is 0 Å². The zero-order valence-corrected chi connectivity index (χ0v) is 19.0. The first-order chi connectivity index (χ1) is 16.5. The van der Waals surface area contributed by atoms with Crippen molar-refractivity contribution in [2.75, 3.05) is 0 Å². The van der Waals surface area contributed by atoms with Crippen LogP contribution in [-0.2, 0) is 9.59 Å². The quantitative estimate of drug-likeness (QED) is 0.187. The van der Waals surface area contributed by atoms with Gasteiger partial charge >= 0.3 is 11.9 Å². The van der Waals surface area contributed by atoms with E-state index in [1.54, 1.807) is 36.4 Å². The fourth-order valence-corrected chi connectivity index (χ4v) is 3.59. The predicted molar refractivity (Wildman–Crippen MR) is 136 cm³/mol. The molecular formula is C30H24O4. The zero-order chi connectivity index (χ0) is 23.9. The first kappa shape index (κ1) is 22.7. The molecule has 0 aliphatic rings. The Morgan fingerprint density at radius 1 is 0.588 bits per heavy atom. The lowest BCUT2D eigenvalue weighted by Crippen LogP contribution is -2.07. The summed E-state index contributed by atoms with van der Waals surface area (Å²) in [5.41, 5.74) is 3.99. The highest BCUT2D eigenvalue weighted by Gasteiger charge is 2.13. The summed E-state index contributed by atoms with van der Waals surface area (Å²) in [6.07, 6.45) is 6.22. The highest BCUT2D eigenvalue weighted by Crippen LogP contribution is 2.34. The van der Waals surface area contributed by atoms with Crippen LogP contribution in [0, 0.1) is 13.8 Å². The molecule has 168 valence electrons. The molecule has 0 saturated carbocycles. The van der Waals surface area contributed by atoms with E-state index in [1.165, 1.54) is 12.2 Å². The largest absolute Gasteiger partial charge is 0.423 e. The van der Waals surface area contributed by atoms with E-state index in [0.717, 1.165) is 27.6 Å². The highest BCUT2D eigenvalue weighted by atomic mass is 16.5. The van der Waals surface area contributed by atoms with Crippen molar-refractivity contribution in [3.8, 4) is 11.5 Å². The lowest BCUT2D eigenvalue weighted by atomic mass is 10.1. The summed E-state index contributed by atoms with van der Waals surface area (Å²) in [4.78, 5) is 25.1. The van der Waals surface area contributed by atoms with Crippen LogP contribution in [0.3, 0.4) is 0 Å². The smallest absolute Gasteiger partial charge is 0.336 e. The third-order valence-corrected chi connectivity index (χ3v) is 5.42. The van der Waals surface area contributed by atoms with Gasteiger partial charge < -0.3 is 9.47 Å². The summed E-state index contributed by atoms with van der Waals surface area (Å²) in [6, 6.07) is 26.2. The molecule has 0 spiro atoms. The number of hydrogen-bond donors (Lipinski definition) is 0. The second-order valence-electron chi connectivity index (χ2n) is 7.83. The van der Waals surface area contributed by atoms with Gasteiger partial charge in [0.15, 0.2) is 0 Å². The van der Waals surface area contributed by atoms with Gasteiger partial charge in [0.05, 0.1) is 5.39 Å². The van der Waals surface area contributed by atoms with Crippen molar-refractivity contribution >= 4 is 34.9 Å². The predicted octanol–water partition coefficient (Wildman–Crippen LogP) is 6.69. The van der Waals surface area contributed by atoms with E-state index >= 15 is 0 Å². The summed E-state index contributed by atoms with van der Waals surface area (Å²) in [5, 5.41) is 1.35. The SMILES string of the molecule is Cc1ccccc1/C=C/C(=O)Oc1cccc2cccc(OC(=O)/C=C/c3ccccc3C)c12. The average molecular weight is 449 g/mol. The van der Waals surface area contributed by atoms with E-state index in [2.05, 4.69) is 0 Å². The lowest BCUT2D eigenvalue weighted by Gasteiger charge is -2.11. The van der Waals surface area contributed by atoms with Crippen LogP contribution in [0.4, 0.5) is 0 Å². The van der Waals surface area contributed by atoms with Crippen molar-refractivity contribution in [1.82, 2.24) is 0 Å². The Morgan fingerprint density at radius 3 is 1.47 bits per heavy atom. The van der Waals surface area contributed by atoms with Crippen molar-refractivity contribution in [3.63, 3.8) is 0 Å². The van der Waals surface area contributed by atoms with Crippen LogP contribution < -0.4 is 9.47 Å². The number of carbonyl (C=O) groups is 2. The van der Waals surface area contributed by atoms with Crippen molar-refractivity contribution in [1.29, 1.82) is 0 Å². The molecule has 0 aromatic heterocycles. The minimum atomic E-state index is -0.517. The number of esters is 2. The summed E-state index contributed by atoms with van der Waals surface area (Å²) in [5.74, 6) is -0.390. The molecule has 4 heteroatoms. The average Bonchev–Trinajstić information content (AvgIpc) is 2.83. The van der Waals surface area contributed by atoms with Gasteiger partial charge in [-0.1, -0.05) is 72.8 Å². The van der Waals surface area contributed by atoms with Crippen LogP contribution in [0.25, 0.3) is 22.9 Å². The Balaban J connectivity index is 1.56. The fraction of sp³-hybridized carbons (Fsp3) is 0.0667. The van der Waals surface area contributed by atoms with Crippen molar-refractivity contribution in [2.45, 2.75) is 13.8 Å². The molecule has 0 aliphatic carbocycles. The summed E-state index contributed by atoms with van der Waals surface area (Å²) >= 11 is 0. The molecule has 0 radical (unpaired) electrons. The van der Waals surface area contributed by atoms with Gasteiger partial charge in [0.25, 0.3) is 0 Å². The molecule has 0 unspecified atom stereocenters. The van der Waals surface area contributed by atoms with Gasteiger partial charge in [-0.25, -0.2) is 9.59 Å². The minimum absolute atomic E-state index is 0.322. The van der Waals surface area contributed by atoms with E-state index in [0.29, 0.717) is 16.9 Å². The maximum atomic E-state index is 12.5. The molecule has 0 aliphatic heterocycles. The molecule has 4 rings (SSSR count). The standard InChI is InChI=1S/C30H24O4/c1-21-9-3-5-11-23(21)17-19-28(31)33-26-15-7-13-25-14-8-16-27(30(25)26)34-29(32)20-18-24-12-6-4-10-22(24)2/h3-20H,1-2H3/b19-17+,20-18+. The van der Waals surface area contributed by atoms with Crippen LogP contribution >= 0.6 is 0 Å². The fourth-order valence-electron chi connectivity index (χ4n) is 3.59. The summed E-state index contributed by atoms with van der Waals surface area (Å²) < 4.78 is 11.2. The molecular weight excluding hydrogens is 424 g/mol. The van der Waals surface area contributed by atoms with Crippen molar-refractivity contribution < 1.29 is 19.1 Å². The number of carbonyl (C=O) groups excluding carboxylic acids is 2. The topological polar surface area (TPSA) is 52.6 Å². The summed E-state index contributed by atoms with van der Waals surface area (Å²) in [6.45, 7) is 3.95. The number of benzene rings is 4.